The summed E-state index contributed by atoms with van der Waals surface area (Å²) >= 11 is 1.59. The smallest absolute Gasteiger partial charge is 0.0409 e. The molecule has 0 aromatic carbocycles. The third kappa shape index (κ3) is 2.42. The van der Waals surface area contributed by atoms with Gasteiger partial charge >= 0.3 is 0 Å². The summed E-state index contributed by atoms with van der Waals surface area (Å²) < 4.78 is 4.11. The molecule has 0 aliphatic heterocycles. The van der Waals surface area contributed by atoms with Crippen molar-refractivity contribution in [3.8, 4) is 0 Å². The van der Waals surface area contributed by atoms with E-state index in [-0.39, 0.29) is 6.04 Å². The Morgan fingerprint density at radius 1 is 1.64 bits per heavy atom. The van der Waals surface area contributed by atoms with Gasteiger partial charge in [-0.05, 0) is 36.4 Å². The normalized spacial score (nSPS) is 27.4. The summed E-state index contributed by atoms with van der Waals surface area (Å²) in [7, 11) is 0. The fraction of sp³-hybridized carbons (Fsp3) is 0.545. The molecule has 14 heavy (non-hydrogen) atoms. The van der Waals surface area contributed by atoms with Crippen molar-refractivity contribution in [1.29, 1.82) is 0 Å². The van der Waals surface area contributed by atoms with E-state index in [1.54, 1.807) is 11.5 Å². The molecule has 1 heterocycles. The van der Waals surface area contributed by atoms with Crippen molar-refractivity contribution in [2.24, 2.45) is 11.7 Å². The van der Waals surface area contributed by atoms with E-state index in [0.717, 1.165) is 18.8 Å². The summed E-state index contributed by atoms with van der Waals surface area (Å²) in [6.07, 6.45) is 7.48. The van der Waals surface area contributed by atoms with Crippen LogP contribution < -0.4 is 5.73 Å². The number of aromatic nitrogens is 1. The Labute approximate surface area is 89.0 Å². The van der Waals surface area contributed by atoms with Gasteiger partial charge in [0, 0.05) is 23.5 Å². The Morgan fingerprint density at radius 3 is 3.14 bits per heavy atom. The molecule has 0 saturated carbocycles. The first kappa shape index (κ1) is 9.87. The second-order valence-electron chi connectivity index (χ2n) is 4.19. The van der Waals surface area contributed by atoms with Crippen molar-refractivity contribution < 1.29 is 0 Å². The highest BCUT2D eigenvalue weighted by Gasteiger charge is 2.16. The third-order valence-electron chi connectivity index (χ3n) is 2.63. The maximum atomic E-state index is 5.96. The molecule has 0 amide bonds. The van der Waals surface area contributed by atoms with Crippen LogP contribution in [0.5, 0.6) is 0 Å². The summed E-state index contributed by atoms with van der Waals surface area (Å²) in [5, 5.41) is 0. The molecule has 1 aliphatic rings. The minimum Gasteiger partial charge on any atom is -0.324 e. The van der Waals surface area contributed by atoms with E-state index in [0.29, 0.717) is 0 Å². The molecule has 2 rings (SSSR count). The van der Waals surface area contributed by atoms with E-state index in [1.807, 2.05) is 6.20 Å². The fourth-order valence-electron chi connectivity index (χ4n) is 2.12. The van der Waals surface area contributed by atoms with Crippen molar-refractivity contribution in [2.45, 2.75) is 32.2 Å². The molecular weight excluding hydrogens is 192 g/mol. The van der Waals surface area contributed by atoms with Crippen LogP contribution in [0, 0.1) is 5.92 Å². The molecule has 3 heteroatoms. The van der Waals surface area contributed by atoms with Crippen LogP contribution in [0.3, 0.4) is 0 Å². The minimum atomic E-state index is 0.265. The van der Waals surface area contributed by atoms with E-state index >= 15 is 0 Å². The zero-order chi connectivity index (χ0) is 9.97. The van der Waals surface area contributed by atoms with Crippen molar-refractivity contribution >= 4 is 11.5 Å². The van der Waals surface area contributed by atoms with Gasteiger partial charge in [-0.15, -0.1) is 0 Å². The first-order valence-electron chi connectivity index (χ1n) is 5.09. The molecule has 1 aromatic heterocycles. The monoisotopic (exact) mass is 208 g/mol. The second kappa shape index (κ2) is 4.24. The largest absolute Gasteiger partial charge is 0.324 e. The molecular formula is C11H16N2S. The highest BCUT2D eigenvalue weighted by Crippen LogP contribution is 2.26. The summed E-state index contributed by atoms with van der Waals surface area (Å²) in [5.74, 6) is 0.734. The first-order chi connectivity index (χ1) is 6.74. The van der Waals surface area contributed by atoms with Crippen LogP contribution in [-0.4, -0.2) is 10.4 Å². The van der Waals surface area contributed by atoms with E-state index in [9.17, 15) is 0 Å². The highest BCUT2D eigenvalue weighted by atomic mass is 32.1. The van der Waals surface area contributed by atoms with E-state index < -0.39 is 0 Å². The number of allylic oxidation sites excluding steroid dienone is 1. The lowest BCUT2D eigenvalue weighted by Crippen LogP contribution is -2.25. The van der Waals surface area contributed by atoms with Crippen molar-refractivity contribution in [1.82, 2.24) is 4.37 Å². The average Bonchev–Trinajstić information content (AvgIpc) is 2.54. The van der Waals surface area contributed by atoms with Gasteiger partial charge in [0.1, 0.15) is 0 Å². The molecule has 2 N–H and O–H groups in total. The van der Waals surface area contributed by atoms with Gasteiger partial charge in [-0.3, -0.25) is 0 Å². The summed E-state index contributed by atoms with van der Waals surface area (Å²) in [6.45, 7) is 2.28. The van der Waals surface area contributed by atoms with Crippen molar-refractivity contribution in [3.05, 3.63) is 28.8 Å². The number of rotatable bonds is 2. The Morgan fingerprint density at radius 2 is 2.50 bits per heavy atom. The molecule has 0 saturated heterocycles. The highest BCUT2D eigenvalue weighted by molar-refractivity contribution is 7.05. The van der Waals surface area contributed by atoms with Gasteiger partial charge in [-0.1, -0.05) is 18.6 Å². The Kier molecular flexibility index (Phi) is 2.99. The lowest BCUT2D eigenvalue weighted by atomic mass is 9.86. The predicted molar refractivity (Wildman–Crippen MR) is 60.3 cm³/mol. The maximum Gasteiger partial charge on any atom is 0.0409 e. The van der Waals surface area contributed by atoms with Crippen LogP contribution in [0.25, 0.3) is 0 Å². The molecule has 1 aliphatic carbocycles. The average molecular weight is 208 g/mol. The summed E-state index contributed by atoms with van der Waals surface area (Å²) in [4.78, 5) is 1.34. The van der Waals surface area contributed by atoms with Gasteiger partial charge in [0.2, 0.25) is 0 Å². The number of hydrogen-bond acceptors (Lipinski definition) is 3. The Balaban J connectivity index is 2.04. The van der Waals surface area contributed by atoms with Gasteiger partial charge < -0.3 is 5.73 Å². The molecule has 2 unspecified atom stereocenters. The Hall–Kier alpha value is -0.670. The SMILES string of the molecule is CC1CC(Cc2ccns2)=CC(N)C1. The van der Waals surface area contributed by atoms with Gasteiger partial charge in [0.25, 0.3) is 0 Å². The number of nitrogens with two attached hydrogens (primary N) is 1. The zero-order valence-corrected chi connectivity index (χ0v) is 9.26. The van der Waals surface area contributed by atoms with Crippen molar-refractivity contribution in [3.63, 3.8) is 0 Å². The number of hydrogen-bond donors (Lipinski definition) is 1. The lowest BCUT2D eigenvalue weighted by molar-refractivity contribution is 0.468. The van der Waals surface area contributed by atoms with E-state index in [1.165, 1.54) is 16.9 Å². The molecule has 0 spiro atoms. The van der Waals surface area contributed by atoms with Crippen LogP contribution in [-0.2, 0) is 6.42 Å². The zero-order valence-electron chi connectivity index (χ0n) is 8.44. The molecule has 2 nitrogen and oxygen atoms in total. The summed E-state index contributed by atoms with van der Waals surface area (Å²) in [5.41, 5.74) is 7.44. The lowest BCUT2D eigenvalue weighted by Gasteiger charge is -2.23. The molecule has 1 aromatic rings. The van der Waals surface area contributed by atoms with Crippen LogP contribution in [0.2, 0.25) is 0 Å². The van der Waals surface area contributed by atoms with Gasteiger partial charge in [-0.25, -0.2) is 4.37 Å². The first-order valence-corrected chi connectivity index (χ1v) is 5.86. The number of nitrogens with zero attached hydrogens (tertiary/aromatic N) is 1. The van der Waals surface area contributed by atoms with Gasteiger partial charge in [0.05, 0.1) is 0 Å². The standard InChI is InChI=1S/C11H16N2S/c1-8-4-9(6-10(12)5-8)7-11-2-3-13-14-11/h2-3,6,8,10H,4-5,7,12H2,1H3. The minimum absolute atomic E-state index is 0.265. The van der Waals surface area contributed by atoms with Crippen LogP contribution >= 0.6 is 11.5 Å². The topological polar surface area (TPSA) is 38.9 Å². The van der Waals surface area contributed by atoms with Crippen LogP contribution in [0.1, 0.15) is 24.6 Å². The van der Waals surface area contributed by atoms with Gasteiger partial charge in [-0.2, -0.15) is 0 Å². The second-order valence-corrected chi connectivity index (χ2v) is 5.11. The molecule has 2 atom stereocenters. The Bertz CT molecular complexity index is 316. The van der Waals surface area contributed by atoms with E-state index in [4.69, 9.17) is 5.73 Å². The van der Waals surface area contributed by atoms with Crippen molar-refractivity contribution in [2.75, 3.05) is 0 Å². The van der Waals surface area contributed by atoms with Crippen LogP contribution in [0.15, 0.2) is 23.9 Å². The predicted octanol–water partition coefficient (Wildman–Crippen LogP) is 2.37. The van der Waals surface area contributed by atoms with Gasteiger partial charge in [0.15, 0.2) is 0 Å². The molecule has 0 bridgehead atoms. The quantitative estimate of drug-likeness (QED) is 0.758. The fourth-order valence-corrected chi connectivity index (χ4v) is 2.75. The maximum absolute atomic E-state index is 5.96. The summed E-state index contributed by atoms with van der Waals surface area (Å²) in [6, 6.07) is 2.36. The van der Waals surface area contributed by atoms with Crippen LogP contribution in [0.4, 0.5) is 0 Å². The van der Waals surface area contributed by atoms with E-state index in [2.05, 4.69) is 23.4 Å². The molecule has 0 radical (unpaired) electrons. The molecule has 0 fully saturated rings. The third-order valence-corrected chi connectivity index (χ3v) is 3.37. The molecule has 76 valence electrons.